The maximum absolute atomic E-state index is 9.47. The lowest BCUT2D eigenvalue weighted by atomic mass is 10.1. The standard InChI is InChI=1S/C10H17NO4/c1-10(14,7-13)6-11-4-8-2-3-9(5-12)15-8/h2-3,11-14H,4-7H2,1H3. The van der Waals surface area contributed by atoms with Gasteiger partial charge >= 0.3 is 0 Å². The van der Waals surface area contributed by atoms with Gasteiger partial charge in [0.2, 0.25) is 0 Å². The van der Waals surface area contributed by atoms with E-state index < -0.39 is 5.60 Å². The molecule has 0 saturated heterocycles. The van der Waals surface area contributed by atoms with E-state index in [4.69, 9.17) is 14.6 Å². The predicted octanol–water partition coefficient (Wildman–Crippen LogP) is -0.395. The average molecular weight is 215 g/mol. The average Bonchev–Trinajstić information content (AvgIpc) is 2.66. The first kappa shape index (κ1) is 12.2. The molecule has 5 nitrogen and oxygen atoms in total. The fourth-order valence-electron chi connectivity index (χ4n) is 1.11. The molecule has 0 aromatic carbocycles. The van der Waals surface area contributed by atoms with Crippen molar-refractivity contribution in [3.05, 3.63) is 23.7 Å². The largest absolute Gasteiger partial charge is 0.462 e. The van der Waals surface area contributed by atoms with Crippen LogP contribution in [0, 0.1) is 0 Å². The summed E-state index contributed by atoms with van der Waals surface area (Å²) in [6.45, 7) is 1.87. The fraction of sp³-hybridized carbons (Fsp3) is 0.600. The summed E-state index contributed by atoms with van der Waals surface area (Å²) >= 11 is 0. The summed E-state index contributed by atoms with van der Waals surface area (Å²) in [4.78, 5) is 0. The molecule has 0 amide bonds. The Balaban J connectivity index is 2.31. The Kier molecular flexibility index (Phi) is 4.28. The molecule has 0 aliphatic carbocycles. The zero-order valence-corrected chi connectivity index (χ0v) is 8.73. The van der Waals surface area contributed by atoms with Crippen LogP contribution in [-0.2, 0) is 13.2 Å². The van der Waals surface area contributed by atoms with Crippen molar-refractivity contribution < 1.29 is 19.7 Å². The van der Waals surface area contributed by atoms with Crippen molar-refractivity contribution in [2.45, 2.75) is 25.7 Å². The quantitative estimate of drug-likeness (QED) is 0.519. The van der Waals surface area contributed by atoms with Gasteiger partial charge in [-0.1, -0.05) is 0 Å². The van der Waals surface area contributed by atoms with Gasteiger partial charge in [-0.25, -0.2) is 0 Å². The van der Waals surface area contributed by atoms with Crippen LogP contribution in [-0.4, -0.2) is 34.1 Å². The van der Waals surface area contributed by atoms with Crippen LogP contribution in [0.3, 0.4) is 0 Å². The van der Waals surface area contributed by atoms with E-state index in [2.05, 4.69) is 5.32 Å². The van der Waals surface area contributed by atoms with Crippen molar-refractivity contribution in [1.82, 2.24) is 5.32 Å². The van der Waals surface area contributed by atoms with Crippen molar-refractivity contribution >= 4 is 0 Å². The number of nitrogens with one attached hydrogen (secondary N) is 1. The Morgan fingerprint density at radius 2 is 2.00 bits per heavy atom. The zero-order chi connectivity index (χ0) is 11.3. The first-order valence-corrected chi connectivity index (χ1v) is 4.80. The van der Waals surface area contributed by atoms with Crippen LogP contribution >= 0.6 is 0 Å². The van der Waals surface area contributed by atoms with Crippen LogP contribution in [0.25, 0.3) is 0 Å². The maximum Gasteiger partial charge on any atom is 0.129 e. The van der Waals surface area contributed by atoms with Gasteiger partial charge in [-0.2, -0.15) is 0 Å². The highest BCUT2D eigenvalue weighted by molar-refractivity contribution is 5.06. The number of hydrogen-bond acceptors (Lipinski definition) is 5. The SMILES string of the molecule is CC(O)(CO)CNCc1ccc(CO)o1. The zero-order valence-electron chi connectivity index (χ0n) is 8.73. The van der Waals surface area contributed by atoms with Gasteiger partial charge in [0.1, 0.15) is 18.1 Å². The summed E-state index contributed by atoms with van der Waals surface area (Å²) in [5.74, 6) is 1.20. The Morgan fingerprint density at radius 1 is 1.33 bits per heavy atom. The smallest absolute Gasteiger partial charge is 0.129 e. The van der Waals surface area contributed by atoms with Gasteiger partial charge in [0.05, 0.1) is 18.8 Å². The molecule has 0 spiro atoms. The number of aliphatic hydroxyl groups is 3. The lowest BCUT2D eigenvalue weighted by molar-refractivity contribution is 0.00224. The molecule has 0 aliphatic heterocycles. The van der Waals surface area contributed by atoms with Gasteiger partial charge in [0.15, 0.2) is 0 Å². The third kappa shape index (κ3) is 4.01. The first-order chi connectivity index (χ1) is 7.07. The summed E-state index contributed by atoms with van der Waals surface area (Å²) in [5, 5.41) is 30.0. The van der Waals surface area contributed by atoms with Gasteiger partial charge in [-0.05, 0) is 19.1 Å². The maximum atomic E-state index is 9.47. The molecule has 5 heteroatoms. The summed E-state index contributed by atoms with van der Waals surface area (Å²) in [5.41, 5.74) is -1.12. The van der Waals surface area contributed by atoms with E-state index in [9.17, 15) is 5.11 Å². The number of hydrogen-bond donors (Lipinski definition) is 4. The van der Waals surface area contributed by atoms with Gasteiger partial charge in [-0.15, -0.1) is 0 Å². The molecule has 0 radical (unpaired) electrons. The molecule has 0 bridgehead atoms. The Morgan fingerprint density at radius 3 is 2.53 bits per heavy atom. The molecule has 0 aliphatic rings. The minimum atomic E-state index is -1.12. The normalized spacial score (nSPS) is 15.2. The number of aliphatic hydroxyl groups excluding tert-OH is 2. The van der Waals surface area contributed by atoms with Gasteiger partial charge in [0, 0.05) is 6.54 Å². The van der Waals surface area contributed by atoms with Gasteiger partial charge in [-0.3, -0.25) is 0 Å². The third-order valence-corrected chi connectivity index (χ3v) is 2.02. The Labute approximate surface area is 88.3 Å². The van der Waals surface area contributed by atoms with Gasteiger partial charge < -0.3 is 25.1 Å². The van der Waals surface area contributed by atoms with E-state index in [1.54, 1.807) is 19.1 Å². The molecule has 1 unspecified atom stereocenters. The Bertz CT molecular complexity index is 295. The minimum Gasteiger partial charge on any atom is -0.462 e. The molecule has 15 heavy (non-hydrogen) atoms. The van der Waals surface area contributed by atoms with E-state index >= 15 is 0 Å². The third-order valence-electron chi connectivity index (χ3n) is 2.02. The summed E-state index contributed by atoms with van der Waals surface area (Å²) in [6.07, 6.45) is 0. The van der Waals surface area contributed by atoms with Crippen LogP contribution < -0.4 is 5.32 Å². The molecular weight excluding hydrogens is 198 g/mol. The topological polar surface area (TPSA) is 85.9 Å². The second kappa shape index (κ2) is 5.27. The van der Waals surface area contributed by atoms with Crippen LogP contribution in [0.1, 0.15) is 18.4 Å². The lowest BCUT2D eigenvalue weighted by Gasteiger charge is -2.20. The molecular formula is C10H17NO4. The van der Waals surface area contributed by atoms with Crippen LogP contribution in [0.4, 0.5) is 0 Å². The molecule has 0 saturated carbocycles. The van der Waals surface area contributed by atoms with E-state index in [0.29, 0.717) is 18.1 Å². The fourth-order valence-corrected chi connectivity index (χ4v) is 1.11. The molecule has 86 valence electrons. The second-order valence-electron chi connectivity index (χ2n) is 3.78. The monoisotopic (exact) mass is 215 g/mol. The van der Waals surface area contributed by atoms with E-state index in [-0.39, 0.29) is 19.8 Å². The van der Waals surface area contributed by atoms with Gasteiger partial charge in [0.25, 0.3) is 0 Å². The molecule has 1 aromatic rings. The summed E-state index contributed by atoms with van der Waals surface area (Å²) in [6, 6.07) is 3.45. The number of furan rings is 1. The molecule has 1 aromatic heterocycles. The predicted molar refractivity (Wildman–Crippen MR) is 54.0 cm³/mol. The lowest BCUT2D eigenvalue weighted by Crippen LogP contribution is -2.40. The van der Waals surface area contributed by atoms with Crippen LogP contribution in [0.5, 0.6) is 0 Å². The van der Waals surface area contributed by atoms with E-state index in [1.165, 1.54) is 0 Å². The highest BCUT2D eigenvalue weighted by Crippen LogP contribution is 2.07. The summed E-state index contributed by atoms with van der Waals surface area (Å²) < 4.78 is 5.22. The number of rotatable bonds is 6. The molecule has 4 N–H and O–H groups in total. The minimum absolute atomic E-state index is 0.117. The first-order valence-electron chi connectivity index (χ1n) is 4.80. The highest BCUT2D eigenvalue weighted by atomic mass is 16.4. The second-order valence-corrected chi connectivity index (χ2v) is 3.78. The molecule has 0 fully saturated rings. The molecule has 1 heterocycles. The van der Waals surface area contributed by atoms with Crippen LogP contribution in [0.15, 0.2) is 16.5 Å². The van der Waals surface area contributed by atoms with Crippen molar-refractivity contribution in [2.24, 2.45) is 0 Å². The van der Waals surface area contributed by atoms with Crippen molar-refractivity contribution in [2.75, 3.05) is 13.2 Å². The molecule has 1 rings (SSSR count). The van der Waals surface area contributed by atoms with Crippen molar-refractivity contribution in [1.29, 1.82) is 0 Å². The van der Waals surface area contributed by atoms with Crippen molar-refractivity contribution in [3.63, 3.8) is 0 Å². The van der Waals surface area contributed by atoms with Crippen LogP contribution in [0.2, 0.25) is 0 Å². The van der Waals surface area contributed by atoms with E-state index in [0.717, 1.165) is 0 Å². The Hall–Kier alpha value is -0.880. The van der Waals surface area contributed by atoms with E-state index in [1.807, 2.05) is 0 Å². The summed E-state index contributed by atoms with van der Waals surface area (Å²) in [7, 11) is 0. The molecule has 1 atom stereocenters. The van der Waals surface area contributed by atoms with Crippen molar-refractivity contribution in [3.8, 4) is 0 Å². The highest BCUT2D eigenvalue weighted by Gasteiger charge is 2.17.